The van der Waals surface area contributed by atoms with Crippen LogP contribution >= 0.6 is 0 Å². The lowest BCUT2D eigenvalue weighted by molar-refractivity contribution is 0.0873. The third-order valence-electron chi connectivity index (χ3n) is 9.17. The molecule has 0 aromatic heterocycles. The SMILES string of the molecule is CC(=O)c1ccc(N2C(=O)c3ccc4c5c(ccc(c35)C2=O)C(=O)N(c2ccc3ccc5cccc6ccc2c3c56)C4=O)cc1. The zero-order valence-electron chi connectivity index (χ0n) is 23.8. The molecule has 0 bridgehead atoms. The van der Waals surface area contributed by atoms with Crippen LogP contribution in [0.5, 0.6) is 0 Å². The minimum atomic E-state index is -0.569. The Morgan fingerprint density at radius 1 is 0.467 bits per heavy atom. The number of carbonyl (C=O) groups is 5. The second kappa shape index (κ2) is 8.67. The van der Waals surface area contributed by atoms with Crippen LogP contribution in [0.3, 0.4) is 0 Å². The van der Waals surface area contributed by atoms with Crippen molar-refractivity contribution in [1.82, 2.24) is 0 Å². The summed E-state index contributed by atoms with van der Waals surface area (Å²) in [5, 5.41) is 6.59. The Bertz CT molecular complexity index is 2460. The van der Waals surface area contributed by atoms with Gasteiger partial charge in [0.05, 0.1) is 11.4 Å². The molecule has 0 spiro atoms. The van der Waals surface area contributed by atoms with E-state index in [9.17, 15) is 24.0 Å². The quantitative estimate of drug-likeness (QED) is 0.122. The van der Waals surface area contributed by atoms with E-state index >= 15 is 0 Å². The van der Waals surface area contributed by atoms with Gasteiger partial charge in [-0.05, 0) is 88.5 Å². The van der Waals surface area contributed by atoms with E-state index in [1.165, 1.54) is 11.8 Å². The predicted molar refractivity (Wildman–Crippen MR) is 173 cm³/mol. The molecule has 45 heavy (non-hydrogen) atoms. The van der Waals surface area contributed by atoms with E-state index in [1.54, 1.807) is 54.6 Å². The Hall–Kier alpha value is -6.21. The average Bonchev–Trinajstić information content (AvgIpc) is 3.06. The summed E-state index contributed by atoms with van der Waals surface area (Å²) in [6.07, 6.45) is 0. The molecule has 0 radical (unpaired) electrons. The molecule has 2 aliphatic heterocycles. The van der Waals surface area contributed by atoms with Gasteiger partial charge in [-0.25, -0.2) is 9.80 Å². The van der Waals surface area contributed by atoms with Crippen LogP contribution < -0.4 is 9.80 Å². The molecule has 7 heteroatoms. The molecule has 212 valence electrons. The fourth-order valence-electron chi connectivity index (χ4n) is 7.09. The van der Waals surface area contributed by atoms with Gasteiger partial charge in [0.25, 0.3) is 23.6 Å². The van der Waals surface area contributed by atoms with Crippen LogP contribution in [0, 0.1) is 0 Å². The minimum Gasteiger partial charge on any atom is -0.295 e. The molecule has 2 aliphatic rings. The van der Waals surface area contributed by atoms with Gasteiger partial charge in [0, 0.05) is 44.0 Å². The molecule has 7 nitrogen and oxygen atoms in total. The van der Waals surface area contributed by atoms with Crippen LogP contribution in [0.15, 0.2) is 103 Å². The van der Waals surface area contributed by atoms with Crippen molar-refractivity contribution in [3.05, 3.63) is 131 Å². The molecule has 0 N–H and O–H groups in total. The summed E-state index contributed by atoms with van der Waals surface area (Å²) in [6.45, 7) is 1.44. The molecule has 0 aliphatic carbocycles. The topological polar surface area (TPSA) is 91.8 Å². The fraction of sp³-hybridized carbons (Fsp3) is 0.0263. The number of amides is 4. The molecular formula is C38H20N2O5. The highest BCUT2D eigenvalue weighted by Crippen LogP contribution is 2.43. The molecule has 7 aromatic rings. The van der Waals surface area contributed by atoms with Gasteiger partial charge in [0.2, 0.25) is 0 Å². The molecule has 0 unspecified atom stereocenters. The minimum absolute atomic E-state index is 0.132. The highest BCUT2D eigenvalue weighted by molar-refractivity contribution is 6.43. The van der Waals surface area contributed by atoms with E-state index in [1.807, 2.05) is 42.5 Å². The van der Waals surface area contributed by atoms with E-state index in [0.29, 0.717) is 27.7 Å². The van der Waals surface area contributed by atoms with Crippen molar-refractivity contribution in [3.8, 4) is 0 Å². The smallest absolute Gasteiger partial charge is 0.266 e. The van der Waals surface area contributed by atoms with Crippen molar-refractivity contribution in [2.45, 2.75) is 6.92 Å². The molecule has 4 amide bonds. The Morgan fingerprint density at radius 3 is 1.47 bits per heavy atom. The lowest BCUT2D eigenvalue weighted by atomic mass is 9.85. The van der Waals surface area contributed by atoms with Crippen molar-refractivity contribution in [2.75, 3.05) is 9.80 Å². The van der Waals surface area contributed by atoms with Crippen LogP contribution in [-0.2, 0) is 0 Å². The summed E-state index contributed by atoms with van der Waals surface area (Å²) in [5.74, 6) is -2.31. The van der Waals surface area contributed by atoms with E-state index in [2.05, 4.69) is 6.07 Å². The van der Waals surface area contributed by atoms with E-state index in [-0.39, 0.29) is 28.0 Å². The standard InChI is InChI=1S/C38H20N2O5/c1-19(41)20-7-11-24(12-8-20)39-35(42)26-14-16-28-34-29(17-15-27(33(26)34)36(39)43)38(45)40(37(28)44)30-18-10-23-6-5-21-3-2-4-22-9-13-25(30)32(23)31(21)22/h2-18H,1H3. The maximum atomic E-state index is 14.2. The maximum Gasteiger partial charge on any atom is 0.266 e. The van der Waals surface area contributed by atoms with Crippen molar-refractivity contribution in [3.63, 3.8) is 0 Å². The fourth-order valence-corrected chi connectivity index (χ4v) is 7.09. The number of carbonyl (C=O) groups excluding carboxylic acids is 5. The van der Waals surface area contributed by atoms with Gasteiger partial charge >= 0.3 is 0 Å². The molecular weight excluding hydrogens is 564 g/mol. The van der Waals surface area contributed by atoms with Crippen molar-refractivity contribution in [1.29, 1.82) is 0 Å². The molecule has 2 heterocycles. The monoisotopic (exact) mass is 584 g/mol. The lowest BCUT2D eigenvalue weighted by Crippen LogP contribution is -2.43. The number of anilines is 2. The van der Waals surface area contributed by atoms with Crippen LogP contribution in [0.1, 0.15) is 58.7 Å². The molecule has 7 aromatic carbocycles. The summed E-state index contributed by atoms with van der Waals surface area (Å²) in [5.41, 5.74) is 2.19. The summed E-state index contributed by atoms with van der Waals surface area (Å²) in [6, 6.07) is 30.4. The first-order chi connectivity index (χ1) is 21.8. The number of benzene rings is 7. The highest BCUT2D eigenvalue weighted by Gasteiger charge is 2.41. The number of imide groups is 2. The van der Waals surface area contributed by atoms with Gasteiger partial charge < -0.3 is 0 Å². The Balaban J connectivity index is 1.21. The Morgan fingerprint density at radius 2 is 0.933 bits per heavy atom. The molecule has 0 fully saturated rings. The largest absolute Gasteiger partial charge is 0.295 e. The van der Waals surface area contributed by atoms with Gasteiger partial charge in [0.15, 0.2) is 5.78 Å². The normalized spacial score (nSPS) is 14.5. The summed E-state index contributed by atoms with van der Waals surface area (Å²) in [7, 11) is 0. The third kappa shape index (κ3) is 3.21. The molecule has 0 saturated heterocycles. The first-order valence-electron chi connectivity index (χ1n) is 14.5. The summed E-state index contributed by atoms with van der Waals surface area (Å²) >= 11 is 0. The first-order valence-corrected chi connectivity index (χ1v) is 14.5. The summed E-state index contributed by atoms with van der Waals surface area (Å²) in [4.78, 5) is 70.1. The Kier molecular flexibility index (Phi) is 4.88. The zero-order chi connectivity index (χ0) is 30.7. The second-order valence-corrected chi connectivity index (χ2v) is 11.5. The van der Waals surface area contributed by atoms with Gasteiger partial charge in [-0.3, -0.25) is 24.0 Å². The number of nitrogens with zero attached hydrogens (tertiary/aromatic N) is 2. The maximum absolute atomic E-state index is 14.2. The van der Waals surface area contributed by atoms with E-state index in [4.69, 9.17) is 0 Å². The van der Waals surface area contributed by atoms with Crippen molar-refractivity contribution >= 4 is 83.9 Å². The lowest BCUT2D eigenvalue weighted by Gasteiger charge is -2.32. The Labute approximate surface area is 255 Å². The number of hydrogen-bond donors (Lipinski definition) is 0. The van der Waals surface area contributed by atoms with Gasteiger partial charge in [-0.1, -0.05) is 48.5 Å². The number of ketones is 1. The van der Waals surface area contributed by atoms with Crippen LogP contribution in [0.4, 0.5) is 11.4 Å². The van der Waals surface area contributed by atoms with Crippen molar-refractivity contribution < 1.29 is 24.0 Å². The third-order valence-corrected chi connectivity index (χ3v) is 9.17. The predicted octanol–water partition coefficient (Wildman–Crippen LogP) is 7.54. The number of rotatable bonds is 3. The van der Waals surface area contributed by atoms with Gasteiger partial charge in [-0.2, -0.15) is 0 Å². The van der Waals surface area contributed by atoms with E-state index < -0.39 is 23.6 Å². The molecule has 0 saturated carbocycles. The summed E-state index contributed by atoms with van der Waals surface area (Å²) < 4.78 is 0. The zero-order valence-corrected chi connectivity index (χ0v) is 23.8. The van der Waals surface area contributed by atoms with Gasteiger partial charge in [-0.15, -0.1) is 0 Å². The molecule has 9 rings (SSSR count). The first kappa shape index (κ1) is 25.3. The second-order valence-electron chi connectivity index (χ2n) is 11.5. The number of hydrogen-bond acceptors (Lipinski definition) is 5. The van der Waals surface area contributed by atoms with Crippen LogP contribution in [0.2, 0.25) is 0 Å². The van der Waals surface area contributed by atoms with Crippen molar-refractivity contribution in [2.24, 2.45) is 0 Å². The van der Waals surface area contributed by atoms with Crippen LogP contribution in [0.25, 0.3) is 43.1 Å². The van der Waals surface area contributed by atoms with Crippen LogP contribution in [-0.4, -0.2) is 29.4 Å². The molecule has 0 atom stereocenters. The highest BCUT2D eigenvalue weighted by atomic mass is 16.2. The number of Topliss-reactive ketones (excluding diaryl/α,β-unsaturated/α-hetero) is 1. The van der Waals surface area contributed by atoms with Gasteiger partial charge in [0.1, 0.15) is 0 Å². The van der Waals surface area contributed by atoms with E-state index in [0.717, 1.165) is 37.2 Å². The average molecular weight is 585 g/mol.